The van der Waals surface area contributed by atoms with E-state index in [0.29, 0.717) is 6.47 Å². The number of ether oxygens (including phenoxy) is 1. The molecule has 0 bridgehead atoms. The number of thiocarbonyl (C=S) groups is 1. The average molecular weight is 119 g/mol. The first-order valence-corrected chi connectivity index (χ1v) is 2.01. The zero-order valence-electron chi connectivity index (χ0n) is 3.59. The standard InChI is InChI=1S/C3H5NO2S/c4-3(7)1-6-2-5/h2H,1H2,(H2,4,7). The van der Waals surface area contributed by atoms with Crippen LogP contribution in [0.1, 0.15) is 0 Å². The fraction of sp³-hybridized carbons (Fsp3) is 0.333. The first-order chi connectivity index (χ1) is 3.27. The van der Waals surface area contributed by atoms with Crippen LogP contribution in [0.5, 0.6) is 0 Å². The number of carbonyl (C=O) groups excluding carboxylic acids is 1. The molecule has 0 rings (SSSR count). The van der Waals surface area contributed by atoms with E-state index in [1.54, 1.807) is 0 Å². The highest BCUT2D eigenvalue weighted by Crippen LogP contribution is 1.65. The van der Waals surface area contributed by atoms with E-state index in [-0.39, 0.29) is 11.6 Å². The van der Waals surface area contributed by atoms with E-state index in [1.807, 2.05) is 0 Å². The monoisotopic (exact) mass is 119 g/mol. The lowest BCUT2D eigenvalue weighted by atomic mass is 10.7. The van der Waals surface area contributed by atoms with Gasteiger partial charge >= 0.3 is 0 Å². The molecule has 0 aliphatic heterocycles. The fourth-order valence-corrected chi connectivity index (χ4v) is 0.184. The van der Waals surface area contributed by atoms with Gasteiger partial charge in [0.05, 0.1) is 0 Å². The fourth-order valence-electron chi connectivity index (χ4n) is 0.116. The Balaban J connectivity index is 2.97. The third-order valence-electron chi connectivity index (χ3n) is 0.294. The molecule has 40 valence electrons. The topological polar surface area (TPSA) is 52.3 Å². The molecular formula is C3H5NO2S. The molecule has 0 fully saturated rings. The smallest absolute Gasteiger partial charge is 0.293 e. The molecule has 7 heavy (non-hydrogen) atoms. The van der Waals surface area contributed by atoms with Crippen LogP contribution in [-0.4, -0.2) is 18.1 Å². The van der Waals surface area contributed by atoms with E-state index < -0.39 is 0 Å². The van der Waals surface area contributed by atoms with Crippen LogP contribution in [0.25, 0.3) is 0 Å². The van der Waals surface area contributed by atoms with Crippen molar-refractivity contribution in [1.29, 1.82) is 0 Å². The molecule has 4 heteroatoms. The maximum absolute atomic E-state index is 9.37. The molecule has 0 saturated heterocycles. The molecule has 0 aromatic carbocycles. The van der Waals surface area contributed by atoms with E-state index in [2.05, 4.69) is 17.0 Å². The van der Waals surface area contributed by atoms with Gasteiger partial charge in [-0.15, -0.1) is 0 Å². The molecule has 0 aromatic heterocycles. The Morgan fingerprint density at radius 1 is 2.00 bits per heavy atom. The van der Waals surface area contributed by atoms with Crippen molar-refractivity contribution in [2.45, 2.75) is 0 Å². The van der Waals surface area contributed by atoms with E-state index >= 15 is 0 Å². The highest BCUT2D eigenvalue weighted by atomic mass is 32.1. The van der Waals surface area contributed by atoms with Crippen molar-refractivity contribution in [3.63, 3.8) is 0 Å². The van der Waals surface area contributed by atoms with Gasteiger partial charge in [-0.1, -0.05) is 12.2 Å². The molecule has 0 aromatic rings. The highest BCUT2D eigenvalue weighted by molar-refractivity contribution is 7.80. The van der Waals surface area contributed by atoms with Crippen LogP contribution < -0.4 is 5.73 Å². The zero-order chi connectivity index (χ0) is 5.70. The molecule has 3 nitrogen and oxygen atoms in total. The van der Waals surface area contributed by atoms with Crippen LogP contribution in [-0.2, 0) is 9.53 Å². The third kappa shape index (κ3) is 5.36. The minimum Gasteiger partial charge on any atom is -0.461 e. The van der Waals surface area contributed by atoms with Crippen LogP contribution in [0.2, 0.25) is 0 Å². The Morgan fingerprint density at radius 2 is 2.57 bits per heavy atom. The molecule has 2 N–H and O–H groups in total. The van der Waals surface area contributed by atoms with Gasteiger partial charge < -0.3 is 10.5 Å². The Hall–Kier alpha value is -0.640. The Labute approximate surface area is 46.4 Å². The number of hydrogen-bond acceptors (Lipinski definition) is 3. The largest absolute Gasteiger partial charge is 0.461 e. The quantitative estimate of drug-likeness (QED) is 0.400. The Morgan fingerprint density at radius 3 is 2.71 bits per heavy atom. The van der Waals surface area contributed by atoms with E-state index in [0.717, 1.165) is 0 Å². The minimum atomic E-state index is 0.0405. The summed E-state index contributed by atoms with van der Waals surface area (Å²) in [5.74, 6) is 0. The number of rotatable bonds is 3. The summed E-state index contributed by atoms with van der Waals surface area (Å²) in [6, 6.07) is 0. The highest BCUT2D eigenvalue weighted by Gasteiger charge is 1.82. The van der Waals surface area contributed by atoms with Crippen molar-refractivity contribution >= 4 is 23.7 Å². The Bertz CT molecular complexity index is 83.0. The molecular weight excluding hydrogens is 114 g/mol. The lowest BCUT2D eigenvalue weighted by Gasteiger charge is -1.90. The molecule has 0 aliphatic carbocycles. The summed E-state index contributed by atoms with van der Waals surface area (Å²) in [6.45, 7) is 0.345. The molecule has 0 radical (unpaired) electrons. The van der Waals surface area contributed by atoms with E-state index in [4.69, 9.17) is 5.73 Å². The average Bonchev–Trinajstić information content (AvgIpc) is 1.61. The lowest BCUT2D eigenvalue weighted by Crippen LogP contribution is -2.14. The van der Waals surface area contributed by atoms with Crippen LogP contribution >= 0.6 is 12.2 Å². The third-order valence-corrected chi connectivity index (χ3v) is 0.411. The summed E-state index contributed by atoms with van der Waals surface area (Å²) in [5, 5.41) is 0. The first-order valence-electron chi connectivity index (χ1n) is 1.61. The second-order valence-electron chi connectivity index (χ2n) is 0.874. The van der Waals surface area contributed by atoms with Crippen molar-refractivity contribution in [2.75, 3.05) is 6.61 Å². The Kier molecular flexibility index (Phi) is 3.22. The van der Waals surface area contributed by atoms with Gasteiger partial charge in [0.25, 0.3) is 6.47 Å². The van der Waals surface area contributed by atoms with Crippen molar-refractivity contribution in [3.8, 4) is 0 Å². The predicted molar refractivity (Wildman–Crippen MR) is 28.8 cm³/mol. The number of hydrogen-bond donors (Lipinski definition) is 1. The van der Waals surface area contributed by atoms with Gasteiger partial charge in [0, 0.05) is 0 Å². The minimum absolute atomic E-state index is 0.0405. The SMILES string of the molecule is NC(=S)COC=O. The second-order valence-corrected chi connectivity index (χ2v) is 1.40. The molecule has 0 unspecified atom stereocenters. The van der Waals surface area contributed by atoms with Crippen molar-refractivity contribution in [1.82, 2.24) is 0 Å². The summed E-state index contributed by atoms with van der Waals surface area (Å²) in [4.78, 5) is 9.56. The summed E-state index contributed by atoms with van der Waals surface area (Å²) in [6.07, 6.45) is 0. The van der Waals surface area contributed by atoms with Crippen LogP contribution in [0.15, 0.2) is 0 Å². The summed E-state index contributed by atoms with van der Waals surface area (Å²) in [5.41, 5.74) is 4.93. The molecule has 0 heterocycles. The maximum Gasteiger partial charge on any atom is 0.293 e. The molecule has 0 amide bonds. The van der Waals surface area contributed by atoms with Crippen LogP contribution in [0.3, 0.4) is 0 Å². The molecule has 0 aliphatic rings. The van der Waals surface area contributed by atoms with Gasteiger partial charge in [-0.3, -0.25) is 4.79 Å². The molecule has 0 spiro atoms. The zero-order valence-corrected chi connectivity index (χ0v) is 4.40. The summed E-state index contributed by atoms with van der Waals surface area (Å²) < 4.78 is 4.15. The molecule has 0 atom stereocenters. The summed E-state index contributed by atoms with van der Waals surface area (Å²) in [7, 11) is 0. The number of carbonyl (C=O) groups is 1. The normalized spacial score (nSPS) is 7.43. The van der Waals surface area contributed by atoms with Gasteiger partial charge in [0.15, 0.2) is 0 Å². The van der Waals surface area contributed by atoms with Crippen molar-refractivity contribution in [2.24, 2.45) is 5.73 Å². The van der Waals surface area contributed by atoms with Crippen molar-refractivity contribution in [3.05, 3.63) is 0 Å². The van der Waals surface area contributed by atoms with Gasteiger partial charge in [-0.25, -0.2) is 0 Å². The van der Waals surface area contributed by atoms with Gasteiger partial charge in [-0.05, 0) is 0 Å². The van der Waals surface area contributed by atoms with Gasteiger partial charge in [0.1, 0.15) is 11.6 Å². The van der Waals surface area contributed by atoms with E-state index in [9.17, 15) is 4.79 Å². The van der Waals surface area contributed by atoms with Gasteiger partial charge in [0.2, 0.25) is 0 Å². The first kappa shape index (κ1) is 6.36. The maximum atomic E-state index is 9.37. The molecule has 0 saturated carbocycles. The summed E-state index contributed by atoms with van der Waals surface area (Å²) >= 11 is 4.35. The van der Waals surface area contributed by atoms with Crippen LogP contribution in [0.4, 0.5) is 0 Å². The lowest BCUT2D eigenvalue weighted by molar-refractivity contribution is -0.127. The predicted octanol–water partition coefficient (Wildman–Crippen LogP) is -0.555. The van der Waals surface area contributed by atoms with Crippen molar-refractivity contribution < 1.29 is 9.53 Å². The van der Waals surface area contributed by atoms with Crippen LogP contribution in [0, 0.1) is 0 Å². The van der Waals surface area contributed by atoms with E-state index in [1.165, 1.54) is 0 Å². The number of nitrogens with two attached hydrogens (primary N) is 1. The second kappa shape index (κ2) is 3.55. The van der Waals surface area contributed by atoms with Gasteiger partial charge in [-0.2, -0.15) is 0 Å².